The highest BCUT2D eigenvalue weighted by atomic mass is 16.6. The number of rotatable bonds is 36. The molecule has 0 aliphatic rings. The molecule has 0 aromatic heterocycles. The summed E-state index contributed by atoms with van der Waals surface area (Å²) in [6.45, 7) is 14.2. The van der Waals surface area contributed by atoms with Crippen LogP contribution in [-0.4, -0.2) is 137 Å². The van der Waals surface area contributed by atoms with Crippen LogP contribution in [0.25, 0.3) is 0 Å². The van der Waals surface area contributed by atoms with Gasteiger partial charge in [0.25, 0.3) is 0 Å². The van der Waals surface area contributed by atoms with E-state index in [-0.39, 0.29) is 6.61 Å². The molecule has 0 aliphatic heterocycles. The second-order valence-corrected chi connectivity index (χ2v) is 10.7. The maximum Gasteiger partial charge on any atom is 0.119 e. The summed E-state index contributed by atoms with van der Waals surface area (Å²) in [6, 6.07) is 8.42. The van der Waals surface area contributed by atoms with E-state index in [4.69, 9.17) is 52.5 Å². The minimum absolute atomic E-state index is 0.0279. The second-order valence-electron chi connectivity index (χ2n) is 10.7. The number of aliphatic hydroxyl groups excluding tert-OH is 1. The molecule has 0 atom stereocenters. The van der Waals surface area contributed by atoms with E-state index in [2.05, 4.69) is 26.0 Å². The third-order valence-electron chi connectivity index (χ3n) is 6.38. The van der Waals surface area contributed by atoms with Crippen molar-refractivity contribution in [3.05, 3.63) is 29.8 Å². The molecule has 0 spiro atoms. The van der Waals surface area contributed by atoms with Crippen LogP contribution in [0.3, 0.4) is 0 Å². The number of unbranched alkanes of at least 4 members (excludes halogenated alkanes) is 2. The molecule has 0 saturated carbocycles. The number of benzene rings is 1. The molecule has 0 saturated heterocycles. The van der Waals surface area contributed by atoms with Crippen LogP contribution in [0, 0.1) is 5.92 Å². The van der Waals surface area contributed by atoms with E-state index in [9.17, 15) is 0 Å². The first-order chi connectivity index (χ1) is 22.2. The van der Waals surface area contributed by atoms with Gasteiger partial charge in [-0.2, -0.15) is 0 Å². The van der Waals surface area contributed by atoms with Crippen LogP contribution in [-0.2, 0) is 49.1 Å². The SMILES string of the molecule is CC(C)CCCCCc1ccc(OCCOCCOCCOCCOCCOCCOCCOCCOCCOCCO)cc1. The van der Waals surface area contributed by atoms with E-state index in [0.29, 0.717) is 126 Å². The molecule has 0 radical (unpaired) electrons. The fourth-order valence-electron chi connectivity index (χ4n) is 3.96. The van der Waals surface area contributed by atoms with Crippen LogP contribution in [0.15, 0.2) is 24.3 Å². The van der Waals surface area contributed by atoms with Gasteiger partial charge in [-0.05, 0) is 36.5 Å². The number of hydrogen-bond donors (Lipinski definition) is 1. The number of hydrogen-bond acceptors (Lipinski definition) is 11. The first-order valence-corrected chi connectivity index (χ1v) is 16.7. The van der Waals surface area contributed by atoms with Crippen LogP contribution in [0.2, 0.25) is 0 Å². The highest BCUT2D eigenvalue weighted by Gasteiger charge is 1.99. The van der Waals surface area contributed by atoms with Gasteiger partial charge in [0.1, 0.15) is 12.4 Å². The van der Waals surface area contributed by atoms with Crippen molar-refractivity contribution in [2.45, 2.75) is 46.0 Å². The monoisotopic (exact) mass is 646 g/mol. The van der Waals surface area contributed by atoms with Crippen molar-refractivity contribution in [3.63, 3.8) is 0 Å². The van der Waals surface area contributed by atoms with Crippen LogP contribution >= 0.6 is 0 Å². The van der Waals surface area contributed by atoms with Crippen molar-refractivity contribution >= 4 is 0 Å². The quantitative estimate of drug-likeness (QED) is 0.107. The molecule has 45 heavy (non-hydrogen) atoms. The topological polar surface area (TPSA) is 113 Å². The Balaban J connectivity index is 1.71. The minimum Gasteiger partial charge on any atom is -0.491 e. The Morgan fingerprint density at radius 3 is 1.16 bits per heavy atom. The maximum absolute atomic E-state index is 8.58. The zero-order chi connectivity index (χ0) is 32.3. The normalized spacial score (nSPS) is 11.6. The van der Waals surface area contributed by atoms with E-state index in [1.165, 1.54) is 31.2 Å². The summed E-state index contributed by atoms with van der Waals surface area (Å²) in [6.07, 6.45) is 6.34. The van der Waals surface area contributed by atoms with Crippen molar-refractivity contribution in [1.82, 2.24) is 0 Å². The molecule has 11 heteroatoms. The highest BCUT2D eigenvalue weighted by molar-refractivity contribution is 5.27. The van der Waals surface area contributed by atoms with Crippen LogP contribution in [0.4, 0.5) is 0 Å². The van der Waals surface area contributed by atoms with Gasteiger partial charge in [0.15, 0.2) is 0 Å². The van der Waals surface area contributed by atoms with Gasteiger partial charge in [0.05, 0.1) is 126 Å². The predicted octanol–water partition coefficient (Wildman–Crippen LogP) is 3.97. The number of aryl methyl sites for hydroxylation is 1. The molecular formula is C34H62O11. The summed E-state index contributed by atoms with van der Waals surface area (Å²) in [7, 11) is 0. The summed E-state index contributed by atoms with van der Waals surface area (Å²) in [5, 5.41) is 8.58. The van der Waals surface area contributed by atoms with Crippen molar-refractivity contribution in [2.75, 3.05) is 132 Å². The summed E-state index contributed by atoms with van der Waals surface area (Å²) in [5.41, 5.74) is 1.37. The average molecular weight is 647 g/mol. The lowest BCUT2D eigenvalue weighted by Gasteiger charge is -2.09. The van der Waals surface area contributed by atoms with Crippen LogP contribution in [0.1, 0.15) is 45.1 Å². The van der Waals surface area contributed by atoms with Gasteiger partial charge in [0.2, 0.25) is 0 Å². The summed E-state index contributed by atoms with van der Waals surface area (Å²) in [4.78, 5) is 0. The lowest BCUT2D eigenvalue weighted by atomic mass is 10.0. The molecular weight excluding hydrogens is 584 g/mol. The third kappa shape index (κ3) is 31.0. The molecule has 0 fully saturated rings. The zero-order valence-electron chi connectivity index (χ0n) is 28.1. The van der Waals surface area contributed by atoms with Gasteiger partial charge < -0.3 is 52.5 Å². The van der Waals surface area contributed by atoms with Crippen LogP contribution in [0.5, 0.6) is 5.75 Å². The Labute approximate surface area is 272 Å². The van der Waals surface area contributed by atoms with E-state index in [1.54, 1.807) is 0 Å². The lowest BCUT2D eigenvalue weighted by Crippen LogP contribution is -2.15. The van der Waals surface area contributed by atoms with E-state index in [0.717, 1.165) is 18.1 Å². The molecule has 0 amide bonds. The zero-order valence-corrected chi connectivity index (χ0v) is 28.1. The fraction of sp³-hybridized carbons (Fsp3) is 0.824. The molecule has 1 N–H and O–H groups in total. The van der Waals surface area contributed by atoms with Crippen LogP contribution < -0.4 is 4.74 Å². The molecule has 0 bridgehead atoms. The summed E-state index contributed by atoms with van der Waals surface area (Å²) in [5.74, 6) is 1.69. The molecule has 1 aromatic carbocycles. The molecule has 0 aliphatic carbocycles. The molecule has 0 unspecified atom stereocenters. The fourth-order valence-corrected chi connectivity index (χ4v) is 3.96. The van der Waals surface area contributed by atoms with Crippen molar-refractivity contribution in [3.8, 4) is 5.75 Å². The Bertz CT molecular complexity index is 706. The Morgan fingerprint density at radius 1 is 0.444 bits per heavy atom. The van der Waals surface area contributed by atoms with Gasteiger partial charge in [-0.25, -0.2) is 0 Å². The molecule has 11 nitrogen and oxygen atoms in total. The first-order valence-electron chi connectivity index (χ1n) is 16.7. The van der Waals surface area contributed by atoms with E-state index < -0.39 is 0 Å². The van der Waals surface area contributed by atoms with Gasteiger partial charge in [0, 0.05) is 0 Å². The third-order valence-corrected chi connectivity index (χ3v) is 6.38. The molecule has 1 rings (SSSR count). The van der Waals surface area contributed by atoms with Gasteiger partial charge in [-0.3, -0.25) is 0 Å². The summed E-state index contributed by atoms with van der Waals surface area (Å²) >= 11 is 0. The van der Waals surface area contributed by atoms with Crippen molar-refractivity contribution < 1.29 is 52.5 Å². The smallest absolute Gasteiger partial charge is 0.119 e. The minimum atomic E-state index is 0.0279. The van der Waals surface area contributed by atoms with Gasteiger partial charge in [-0.15, -0.1) is 0 Å². The maximum atomic E-state index is 8.58. The molecule has 1 aromatic rings. The first kappa shape index (κ1) is 41.6. The predicted molar refractivity (Wildman–Crippen MR) is 173 cm³/mol. The van der Waals surface area contributed by atoms with Gasteiger partial charge in [-0.1, -0.05) is 45.2 Å². The van der Waals surface area contributed by atoms with E-state index >= 15 is 0 Å². The number of aliphatic hydroxyl groups is 1. The Hall–Kier alpha value is -1.38. The Kier molecular flexibility index (Phi) is 31.4. The highest BCUT2D eigenvalue weighted by Crippen LogP contribution is 2.15. The van der Waals surface area contributed by atoms with Crippen molar-refractivity contribution in [1.29, 1.82) is 0 Å². The van der Waals surface area contributed by atoms with Crippen molar-refractivity contribution in [2.24, 2.45) is 5.92 Å². The standard InChI is InChI=1S/C34H62O11/c1-32(2)6-4-3-5-7-33-8-10-34(11-9-33)45-31-30-44-29-28-43-27-26-42-25-24-41-23-22-40-21-20-39-19-18-38-17-16-37-15-14-36-13-12-35/h8-11,32,35H,3-7,12-31H2,1-2H3. The molecule has 0 heterocycles. The lowest BCUT2D eigenvalue weighted by molar-refractivity contribution is -0.0258. The average Bonchev–Trinajstić information content (AvgIpc) is 3.04. The van der Waals surface area contributed by atoms with E-state index in [1.807, 2.05) is 12.1 Å². The largest absolute Gasteiger partial charge is 0.491 e. The second kappa shape index (κ2) is 34.0. The molecule has 264 valence electrons. The number of ether oxygens (including phenoxy) is 10. The Morgan fingerprint density at radius 2 is 0.800 bits per heavy atom. The van der Waals surface area contributed by atoms with Gasteiger partial charge >= 0.3 is 0 Å². The summed E-state index contributed by atoms with van der Waals surface area (Å²) < 4.78 is 54.6.